The van der Waals surface area contributed by atoms with Crippen molar-refractivity contribution in [3.8, 4) is 23.7 Å². The van der Waals surface area contributed by atoms with E-state index in [9.17, 15) is 24.6 Å². The second-order valence-corrected chi connectivity index (χ2v) is 14.3. The molecule has 5 aromatic rings. The molecule has 2 fully saturated rings. The molecule has 2 aliphatic rings. The largest absolute Gasteiger partial charge is 0.475 e. The van der Waals surface area contributed by atoms with Gasteiger partial charge in [0.1, 0.15) is 17.5 Å². The van der Waals surface area contributed by atoms with Gasteiger partial charge in [0.25, 0.3) is 11.8 Å². The Balaban J connectivity index is 0.000000179. The van der Waals surface area contributed by atoms with Gasteiger partial charge in [-0.2, -0.15) is 0 Å². The van der Waals surface area contributed by atoms with Crippen molar-refractivity contribution in [3.63, 3.8) is 0 Å². The van der Waals surface area contributed by atoms with E-state index in [1.165, 1.54) is 37.2 Å². The maximum atomic E-state index is 12.1. The van der Waals surface area contributed by atoms with E-state index in [0.29, 0.717) is 41.3 Å². The third kappa shape index (κ3) is 13.0. The van der Waals surface area contributed by atoms with Gasteiger partial charge in [0.15, 0.2) is 5.76 Å². The number of carbonyl (C=O) groups excluding carboxylic acids is 2. The van der Waals surface area contributed by atoms with Gasteiger partial charge in [-0.25, -0.2) is 4.79 Å². The first kappa shape index (κ1) is 41.5. The van der Waals surface area contributed by atoms with E-state index in [0.717, 1.165) is 36.8 Å². The van der Waals surface area contributed by atoms with Gasteiger partial charge in [0.05, 0.1) is 24.4 Å². The molecule has 0 spiro atoms. The Labute approximate surface area is 334 Å². The van der Waals surface area contributed by atoms with Gasteiger partial charge >= 0.3 is 5.97 Å². The van der Waals surface area contributed by atoms with Crippen LogP contribution in [0.3, 0.4) is 0 Å². The van der Waals surface area contributed by atoms with Crippen molar-refractivity contribution in [2.24, 2.45) is 0 Å². The molecule has 3 aromatic heterocycles. The number of aromatic carboxylic acids is 1. The maximum Gasteiger partial charge on any atom is 0.371 e. The Hall–Kier alpha value is -5.69. The predicted molar refractivity (Wildman–Crippen MR) is 209 cm³/mol. The number of carboxylic acids is 1. The molecule has 4 atom stereocenters. The van der Waals surface area contributed by atoms with Crippen LogP contribution in [0.15, 0.2) is 117 Å². The summed E-state index contributed by atoms with van der Waals surface area (Å²) in [6.45, 7) is 0. The van der Waals surface area contributed by atoms with Crippen LogP contribution in [-0.4, -0.2) is 56.4 Å². The average molecular weight is 800 g/mol. The van der Waals surface area contributed by atoms with E-state index in [4.69, 9.17) is 37.1 Å². The molecule has 0 unspecified atom stereocenters. The second kappa shape index (κ2) is 19.8. The highest BCUT2D eigenvalue weighted by atomic mass is 35.5. The van der Waals surface area contributed by atoms with Crippen LogP contribution in [0, 0.1) is 23.7 Å². The van der Waals surface area contributed by atoms with Crippen molar-refractivity contribution in [2.45, 2.75) is 74.7 Å². The lowest BCUT2D eigenvalue weighted by molar-refractivity contribution is 0.0441. The van der Waals surface area contributed by atoms with E-state index in [-0.39, 0.29) is 35.4 Å². The summed E-state index contributed by atoms with van der Waals surface area (Å²) in [7, 11) is 0. The summed E-state index contributed by atoms with van der Waals surface area (Å²) in [6.07, 6.45) is 10.9. The molecule has 5 N–H and O–H groups in total. The van der Waals surface area contributed by atoms with Gasteiger partial charge in [-0.15, -0.1) is 0 Å². The zero-order valence-corrected chi connectivity index (χ0v) is 31.7. The lowest BCUT2D eigenvalue weighted by Crippen LogP contribution is -2.45. The normalized spacial score (nSPS) is 21.1. The van der Waals surface area contributed by atoms with Crippen LogP contribution < -0.4 is 10.6 Å². The number of rotatable bonds is 5. The number of benzene rings is 2. The molecule has 2 aromatic carbocycles. The minimum absolute atomic E-state index is 0.0231. The van der Waals surface area contributed by atoms with E-state index in [2.05, 4.69) is 38.7 Å². The molecule has 0 radical (unpaired) electrons. The number of halogens is 2. The zero-order valence-electron chi connectivity index (χ0n) is 30.2. The monoisotopic (exact) mass is 798 g/mol. The van der Waals surface area contributed by atoms with Crippen molar-refractivity contribution in [3.05, 3.63) is 142 Å². The second-order valence-electron chi connectivity index (χ2n) is 13.4. The molecule has 11 nitrogen and oxygen atoms in total. The summed E-state index contributed by atoms with van der Waals surface area (Å²) in [4.78, 5) is 34.1. The first-order valence-electron chi connectivity index (χ1n) is 17.9. The van der Waals surface area contributed by atoms with Gasteiger partial charge in [-0.3, -0.25) is 9.59 Å². The summed E-state index contributed by atoms with van der Waals surface area (Å²) in [5, 5.41) is 36.7. The van der Waals surface area contributed by atoms with E-state index >= 15 is 0 Å². The highest BCUT2D eigenvalue weighted by Gasteiger charge is 2.35. The number of furan rings is 3. The molecule has 2 saturated carbocycles. The first-order chi connectivity index (χ1) is 26.9. The topological polar surface area (TPSA) is 175 Å². The van der Waals surface area contributed by atoms with E-state index < -0.39 is 17.2 Å². The van der Waals surface area contributed by atoms with Crippen LogP contribution in [0.4, 0.5) is 0 Å². The Morgan fingerprint density at radius 3 is 1.62 bits per heavy atom. The molecular weight excluding hydrogens is 759 g/mol. The highest BCUT2D eigenvalue weighted by molar-refractivity contribution is 6.31. The molecule has 2 aliphatic carbocycles. The number of aliphatic hydroxyl groups is 2. The lowest BCUT2D eigenvalue weighted by Gasteiger charge is -2.33. The van der Waals surface area contributed by atoms with Crippen LogP contribution in [0.25, 0.3) is 0 Å². The SMILES string of the molecule is O=C(N[C@@H]1CCC[C@](O)(C#Cc2cccc(Cl)c2)C1)c1ccco1.O=C(N[C@H]1CCC[C@@](O)(C#Cc2cccc(Cl)c2)C1)c1ccoc1.O=C(O)c1ccco1. The third-order valence-corrected chi connectivity index (χ3v) is 9.38. The summed E-state index contributed by atoms with van der Waals surface area (Å²) in [5.74, 6) is 10.6. The molecule has 7 rings (SSSR count). The van der Waals surface area contributed by atoms with Crippen LogP contribution in [0.5, 0.6) is 0 Å². The molecule has 13 heteroatoms. The molecular formula is C43H40Cl2N2O9. The molecule has 290 valence electrons. The standard InChI is InChI=1S/2C19H18ClNO3.C5H4O3/c20-15-5-1-4-14(12-15)8-10-19(23)9-2-6-16(13-19)21-18(22)17-7-3-11-24-17;20-16-4-1-3-14(11-16)6-9-19(23)8-2-5-17(12-19)21-18(22)15-7-10-24-13-15;6-5(7)4-2-1-3-8-4/h1,3-5,7,11-12,16,23H,2,6,9,13H2,(H,21,22);1,3-4,7,10-11,13,17,23H,2,5,8,12H2,(H,21,22);1-3H,(H,6,7)/t16-,19+;17-,19+;/m10./s1. The minimum Gasteiger partial charge on any atom is -0.475 e. The first-order valence-corrected chi connectivity index (χ1v) is 18.6. The van der Waals surface area contributed by atoms with Crippen molar-refractivity contribution in [1.82, 2.24) is 10.6 Å². The molecule has 3 heterocycles. The number of hydrogen-bond donors (Lipinski definition) is 5. The van der Waals surface area contributed by atoms with Crippen LogP contribution >= 0.6 is 23.2 Å². The number of nitrogens with one attached hydrogen (secondary N) is 2. The maximum absolute atomic E-state index is 12.1. The molecule has 0 aliphatic heterocycles. The number of amides is 2. The third-order valence-electron chi connectivity index (χ3n) is 8.91. The highest BCUT2D eigenvalue weighted by Crippen LogP contribution is 2.29. The summed E-state index contributed by atoms with van der Waals surface area (Å²) >= 11 is 11.9. The lowest BCUT2D eigenvalue weighted by atomic mass is 9.82. The molecule has 56 heavy (non-hydrogen) atoms. The van der Waals surface area contributed by atoms with Crippen LogP contribution in [-0.2, 0) is 0 Å². The van der Waals surface area contributed by atoms with Gasteiger partial charge in [-0.05, 0) is 105 Å². The van der Waals surface area contributed by atoms with Gasteiger partial charge in [0, 0.05) is 46.1 Å². The average Bonchev–Trinajstić information content (AvgIpc) is 3.99. The quantitative estimate of drug-likeness (QED) is 0.111. The smallest absolute Gasteiger partial charge is 0.371 e. The van der Waals surface area contributed by atoms with E-state index in [1.807, 2.05) is 24.3 Å². The van der Waals surface area contributed by atoms with Gasteiger partial charge in [-0.1, -0.05) is 59.0 Å². The molecule has 0 saturated heterocycles. The van der Waals surface area contributed by atoms with Crippen molar-refractivity contribution in [2.75, 3.05) is 0 Å². The summed E-state index contributed by atoms with van der Waals surface area (Å²) in [5.41, 5.74) is -0.205. The Bertz CT molecular complexity index is 2050. The van der Waals surface area contributed by atoms with Crippen molar-refractivity contribution in [1.29, 1.82) is 0 Å². The predicted octanol–water partition coefficient (Wildman–Crippen LogP) is 7.75. The summed E-state index contributed by atoms with van der Waals surface area (Å²) in [6, 6.07) is 22.0. The fourth-order valence-electron chi connectivity index (χ4n) is 6.22. The molecule has 0 bridgehead atoms. The number of hydrogen-bond acceptors (Lipinski definition) is 8. The van der Waals surface area contributed by atoms with Crippen LogP contribution in [0.2, 0.25) is 10.0 Å². The fourth-order valence-corrected chi connectivity index (χ4v) is 6.60. The number of carboxylic acid groups (broad SMARTS) is 1. The summed E-state index contributed by atoms with van der Waals surface area (Å²) < 4.78 is 14.5. The Kier molecular flexibility index (Phi) is 14.6. The Morgan fingerprint density at radius 2 is 1.20 bits per heavy atom. The van der Waals surface area contributed by atoms with E-state index in [1.54, 1.807) is 42.5 Å². The van der Waals surface area contributed by atoms with Crippen molar-refractivity contribution < 1.29 is 43.0 Å². The molecule has 2 amide bonds. The van der Waals surface area contributed by atoms with Crippen molar-refractivity contribution >= 4 is 41.0 Å². The van der Waals surface area contributed by atoms with Gasteiger partial charge in [0.2, 0.25) is 5.76 Å². The zero-order chi connectivity index (χ0) is 40.0. The van der Waals surface area contributed by atoms with Gasteiger partial charge < -0.3 is 39.2 Å². The van der Waals surface area contributed by atoms with Crippen LogP contribution in [0.1, 0.15) is 94.0 Å². The fraction of sp³-hybridized carbons (Fsp3) is 0.279. The Morgan fingerprint density at radius 1 is 0.679 bits per heavy atom. The minimum atomic E-state index is -1.11. The number of carbonyl (C=O) groups is 3.